The molecule has 3 rings (SSSR count). The van der Waals surface area contributed by atoms with Crippen molar-refractivity contribution >= 4 is 11.6 Å². The van der Waals surface area contributed by atoms with Gasteiger partial charge in [-0.1, -0.05) is 6.92 Å². The Morgan fingerprint density at radius 3 is 2.55 bits per heavy atom. The molecule has 3 heterocycles. The zero-order valence-electron chi connectivity index (χ0n) is 12.2. The normalized spacial score (nSPS) is 20.4. The Bertz CT molecular complexity index is 474. The SMILES string of the molecule is CC1CCN(c2cncc(C(=O)N3CCCC3)c2)CC1. The van der Waals surface area contributed by atoms with E-state index >= 15 is 0 Å². The van der Waals surface area contributed by atoms with Gasteiger partial charge < -0.3 is 9.80 Å². The van der Waals surface area contributed by atoms with Crippen LogP contribution >= 0.6 is 0 Å². The molecule has 2 aliphatic heterocycles. The number of rotatable bonds is 2. The standard InChI is InChI=1S/C16H23N3O/c1-13-4-8-18(9-5-13)15-10-14(11-17-12-15)16(20)19-6-2-3-7-19/h10-13H,2-9H2,1H3. The lowest BCUT2D eigenvalue weighted by atomic mass is 9.99. The van der Waals surface area contributed by atoms with Crippen LogP contribution in [0.3, 0.4) is 0 Å². The lowest BCUT2D eigenvalue weighted by molar-refractivity contribution is 0.0792. The smallest absolute Gasteiger partial charge is 0.255 e. The van der Waals surface area contributed by atoms with Crippen LogP contribution in [0.1, 0.15) is 43.0 Å². The van der Waals surface area contributed by atoms with Crippen LogP contribution in [0.25, 0.3) is 0 Å². The van der Waals surface area contributed by atoms with Crippen LogP contribution in [-0.4, -0.2) is 42.0 Å². The highest BCUT2D eigenvalue weighted by molar-refractivity contribution is 5.94. The van der Waals surface area contributed by atoms with E-state index in [1.54, 1.807) is 6.20 Å². The largest absolute Gasteiger partial charge is 0.370 e. The third-order valence-corrected chi connectivity index (χ3v) is 4.51. The van der Waals surface area contributed by atoms with Gasteiger partial charge in [-0.05, 0) is 37.7 Å². The maximum Gasteiger partial charge on any atom is 0.255 e. The summed E-state index contributed by atoms with van der Waals surface area (Å²) in [4.78, 5) is 21.0. The lowest BCUT2D eigenvalue weighted by Gasteiger charge is -2.32. The number of anilines is 1. The molecule has 0 saturated carbocycles. The maximum atomic E-state index is 12.4. The van der Waals surface area contributed by atoms with E-state index < -0.39 is 0 Å². The lowest BCUT2D eigenvalue weighted by Crippen LogP contribution is -2.33. The summed E-state index contributed by atoms with van der Waals surface area (Å²) in [6, 6.07) is 2.02. The molecule has 4 nitrogen and oxygen atoms in total. The van der Waals surface area contributed by atoms with Crippen LogP contribution in [0.2, 0.25) is 0 Å². The minimum atomic E-state index is 0.141. The van der Waals surface area contributed by atoms with Gasteiger partial charge in [0.05, 0.1) is 17.4 Å². The molecule has 0 aromatic carbocycles. The Morgan fingerprint density at radius 1 is 1.15 bits per heavy atom. The van der Waals surface area contributed by atoms with Crippen molar-refractivity contribution in [3.63, 3.8) is 0 Å². The second kappa shape index (κ2) is 5.81. The molecule has 20 heavy (non-hydrogen) atoms. The van der Waals surface area contributed by atoms with Gasteiger partial charge in [-0.3, -0.25) is 9.78 Å². The second-order valence-corrected chi connectivity index (χ2v) is 6.10. The van der Waals surface area contributed by atoms with Crippen LogP contribution in [-0.2, 0) is 0 Å². The molecule has 0 aliphatic carbocycles. The Kier molecular flexibility index (Phi) is 3.90. The fourth-order valence-electron chi connectivity index (χ4n) is 3.09. The van der Waals surface area contributed by atoms with Gasteiger partial charge in [-0.2, -0.15) is 0 Å². The molecular formula is C16H23N3O. The minimum absolute atomic E-state index is 0.141. The van der Waals surface area contributed by atoms with E-state index in [9.17, 15) is 4.79 Å². The Morgan fingerprint density at radius 2 is 1.85 bits per heavy atom. The Hall–Kier alpha value is -1.58. The molecule has 0 radical (unpaired) electrons. The predicted molar refractivity (Wildman–Crippen MR) is 80.0 cm³/mol. The van der Waals surface area contributed by atoms with Crippen molar-refractivity contribution in [2.45, 2.75) is 32.6 Å². The van der Waals surface area contributed by atoms with Crippen molar-refractivity contribution in [2.75, 3.05) is 31.1 Å². The molecule has 2 aliphatic rings. The second-order valence-electron chi connectivity index (χ2n) is 6.10. The van der Waals surface area contributed by atoms with Crippen LogP contribution in [0.15, 0.2) is 18.5 Å². The van der Waals surface area contributed by atoms with Crippen molar-refractivity contribution in [1.29, 1.82) is 0 Å². The Balaban J connectivity index is 1.73. The average molecular weight is 273 g/mol. The van der Waals surface area contributed by atoms with Crippen LogP contribution in [0.5, 0.6) is 0 Å². The van der Waals surface area contributed by atoms with Crippen molar-refractivity contribution in [1.82, 2.24) is 9.88 Å². The van der Waals surface area contributed by atoms with Crippen molar-refractivity contribution in [2.24, 2.45) is 5.92 Å². The molecule has 1 amide bonds. The summed E-state index contributed by atoms with van der Waals surface area (Å²) < 4.78 is 0. The van der Waals surface area contributed by atoms with E-state index in [1.165, 1.54) is 12.8 Å². The van der Waals surface area contributed by atoms with Gasteiger partial charge in [0, 0.05) is 32.4 Å². The molecule has 0 unspecified atom stereocenters. The summed E-state index contributed by atoms with van der Waals surface area (Å²) in [7, 11) is 0. The summed E-state index contributed by atoms with van der Waals surface area (Å²) in [6.45, 7) is 6.24. The highest BCUT2D eigenvalue weighted by Crippen LogP contribution is 2.23. The third-order valence-electron chi connectivity index (χ3n) is 4.51. The van der Waals surface area contributed by atoms with E-state index in [0.29, 0.717) is 0 Å². The highest BCUT2D eigenvalue weighted by Gasteiger charge is 2.21. The molecule has 2 fully saturated rings. The van der Waals surface area contributed by atoms with E-state index in [-0.39, 0.29) is 5.91 Å². The number of carbonyl (C=O) groups is 1. The van der Waals surface area contributed by atoms with E-state index in [4.69, 9.17) is 0 Å². The first-order chi connectivity index (χ1) is 9.74. The number of hydrogen-bond donors (Lipinski definition) is 0. The topological polar surface area (TPSA) is 36.4 Å². The van der Waals surface area contributed by atoms with Crippen LogP contribution < -0.4 is 4.90 Å². The van der Waals surface area contributed by atoms with E-state index in [1.807, 2.05) is 17.2 Å². The molecule has 0 N–H and O–H groups in total. The first-order valence-electron chi connectivity index (χ1n) is 7.73. The van der Waals surface area contributed by atoms with Crippen molar-refractivity contribution in [3.05, 3.63) is 24.0 Å². The number of amides is 1. The van der Waals surface area contributed by atoms with Gasteiger partial charge in [-0.25, -0.2) is 0 Å². The monoisotopic (exact) mass is 273 g/mol. The Labute approximate surface area is 120 Å². The van der Waals surface area contributed by atoms with Gasteiger partial charge >= 0.3 is 0 Å². The summed E-state index contributed by atoms with van der Waals surface area (Å²) in [5, 5.41) is 0. The number of hydrogen-bond acceptors (Lipinski definition) is 3. The minimum Gasteiger partial charge on any atom is -0.370 e. The highest BCUT2D eigenvalue weighted by atomic mass is 16.2. The number of aromatic nitrogens is 1. The fraction of sp³-hybridized carbons (Fsp3) is 0.625. The maximum absolute atomic E-state index is 12.4. The van der Waals surface area contributed by atoms with Crippen molar-refractivity contribution in [3.8, 4) is 0 Å². The molecule has 1 aromatic rings. The van der Waals surface area contributed by atoms with Gasteiger partial charge in [0.15, 0.2) is 0 Å². The quantitative estimate of drug-likeness (QED) is 0.831. The summed E-state index contributed by atoms with van der Waals surface area (Å²) in [6.07, 6.45) is 8.30. The fourth-order valence-corrected chi connectivity index (χ4v) is 3.09. The van der Waals surface area contributed by atoms with E-state index in [0.717, 1.165) is 56.2 Å². The van der Waals surface area contributed by atoms with Crippen LogP contribution in [0.4, 0.5) is 5.69 Å². The van der Waals surface area contributed by atoms with Gasteiger partial charge in [-0.15, -0.1) is 0 Å². The molecule has 108 valence electrons. The molecule has 1 aromatic heterocycles. The summed E-state index contributed by atoms with van der Waals surface area (Å²) in [5.41, 5.74) is 1.84. The number of nitrogens with zero attached hydrogens (tertiary/aromatic N) is 3. The van der Waals surface area contributed by atoms with E-state index in [2.05, 4.69) is 16.8 Å². The van der Waals surface area contributed by atoms with Gasteiger partial charge in [0.1, 0.15) is 0 Å². The average Bonchev–Trinajstić information content (AvgIpc) is 3.01. The molecule has 4 heteroatoms. The molecule has 0 spiro atoms. The van der Waals surface area contributed by atoms with Crippen molar-refractivity contribution < 1.29 is 4.79 Å². The zero-order valence-corrected chi connectivity index (χ0v) is 12.2. The first kappa shape index (κ1) is 13.4. The number of likely N-dealkylation sites (tertiary alicyclic amines) is 1. The molecule has 2 saturated heterocycles. The third kappa shape index (κ3) is 2.79. The van der Waals surface area contributed by atoms with Crippen LogP contribution in [0, 0.1) is 5.92 Å². The van der Waals surface area contributed by atoms with Gasteiger partial charge in [0.25, 0.3) is 5.91 Å². The molecule has 0 atom stereocenters. The zero-order chi connectivity index (χ0) is 13.9. The number of carbonyl (C=O) groups excluding carboxylic acids is 1. The number of piperidine rings is 1. The molecular weight excluding hydrogens is 250 g/mol. The van der Waals surface area contributed by atoms with Gasteiger partial charge in [0.2, 0.25) is 0 Å². The summed E-state index contributed by atoms with van der Waals surface area (Å²) >= 11 is 0. The first-order valence-corrected chi connectivity index (χ1v) is 7.73. The predicted octanol–water partition coefficient (Wildman–Crippen LogP) is 2.55. The number of pyridine rings is 1. The molecule has 0 bridgehead atoms. The summed E-state index contributed by atoms with van der Waals surface area (Å²) in [5.74, 6) is 0.954.